The monoisotopic (exact) mass is 414 g/mol. The lowest BCUT2D eigenvalue weighted by molar-refractivity contribution is 1.43. The molecule has 31 heavy (non-hydrogen) atoms. The lowest BCUT2D eigenvalue weighted by Crippen LogP contribution is -1.96. The predicted octanol–water partition coefficient (Wildman–Crippen LogP) is 8.64. The molecule has 0 aliphatic heterocycles. The van der Waals surface area contributed by atoms with E-state index in [1.165, 1.54) is 38.9 Å². The summed E-state index contributed by atoms with van der Waals surface area (Å²) in [6.07, 6.45) is 0. The minimum Gasteiger partial charge on any atom is -0.143 e. The summed E-state index contributed by atoms with van der Waals surface area (Å²) in [5.41, 5.74) is 9.54. The number of hydrogen-bond donors (Lipinski definition) is 1. The van der Waals surface area contributed by atoms with Crippen LogP contribution >= 0.6 is 12.6 Å². The highest BCUT2D eigenvalue weighted by Crippen LogP contribution is 2.48. The molecule has 148 valence electrons. The van der Waals surface area contributed by atoms with Crippen LogP contribution in [0.4, 0.5) is 0 Å². The molecular formula is C30H22S. The third kappa shape index (κ3) is 3.81. The van der Waals surface area contributed by atoms with E-state index in [1.807, 2.05) is 0 Å². The Morgan fingerprint density at radius 2 is 0.710 bits per heavy atom. The fourth-order valence-corrected chi connectivity index (χ4v) is 4.58. The molecule has 1 heteroatoms. The zero-order chi connectivity index (χ0) is 21.0. The van der Waals surface area contributed by atoms with Crippen LogP contribution in [0, 0.1) is 0 Å². The molecule has 0 radical (unpaired) electrons. The van der Waals surface area contributed by atoms with Crippen LogP contribution in [-0.4, -0.2) is 0 Å². The van der Waals surface area contributed by atoms with Crippen LogP contribution in [0.5, 0.6) is 0 Å². The first-order valence-corrected chi connectivity index (χ1v) is 10.9. The normalized spacial score (nSPS) is 10.7. The SMILES string of the molecule is Sc1cc(-c2ccccc2)c(-c2ccccc2)c(-c2ccccc2)c1-c1ccccc1. The molecule has 0 heterocycles. The fourth-order valence-electron chi connectivity index (χ4n) is 4.21. The smallest absolute Gasteiger partial charge is 0.0131 e. The molecule has 5 rings (SSSR count). The molecule has 0 saturated heterocycles. The molecule has 0 bridgehead atoms. The van der Waals surface area contributed by atoms with Gasteiger partial charge in [-0.05, 0) is 45.0 Å². The van der Waals surface area contributed by atoms with Gasteiger partial charge >= 0.3 is 0 Å². The minimum absolute atomic E-state index is 0.976. The van der Waals surface area contributed by atoms with Crippen molar-refractivity contribution in [3.63, 3.8) is 0 Å². The van der Waals surface area contributed by atoms with Gasteiger partial charge in [0.2, 0.25) is 0 Å². The van der Waals surface area contributed by atoms with E-state index in [-0.39, 0.29) is 0 Å². The molecular weight excluding hydrogens is 392 g/mol. The van der Waals surface area contributed by atoms with Gasteiger partial charge in [0.25, 0.3) is 0 Å². The van der Waals surface area contributed by atoms with Crippen LogP contribution in [0.25, 0.3) is 44.5 Å². The Balaban J connectivity index is 1.95. The summed E-state index contributed by atoms with van der Waals surface area (Å²) in [5.74, 6) is 0. The van der Waals surface area contributed by atoms with Crippen LogP contribution < -0.4 is 0 Å². The van der Waals surface area contributed by atoms with Gasteiger partial charge in [0.05, 0.1) is 0 Å². The van der Waals surface area contributed by atoms with Gasteiger partial charge in [0.15, 0.2) is 0 Å². The van der Waals surface area contributed by atoms with Gasteiger partial charge in [0, 0.05) is 10.5 Å². The largest absolute Gasteiger partial charge is 0.143 e. The maximum Gasteiger partial charge on any atom is 0.0131 e. The first kappa shape index (κ1) is 19.4. The van der Waals surface area contributed by atoms with Crippen molar-refractivity contribution < 1.29 is 0 Å². The van der Waals surface area contributed by atoms with Crippen LogP contribution in [-0.2, 0) is 0 Å². The second-order valence-electron chi connectivity index (χ2n) is 7.53. The van der Waals surface area contributed by atoms with Crippen LogP contribution in [0.3, 0.4) is 0 Å². The van der Waals surface area contributed by atoms with E-state index in [0.717, 1.165) is 10.5 Å². The standard InChI is InChI=1S/C30H22S/c31-27-21-26(22-13-5-1-6-14-22)28(23-15-7-2-8-16-23)30(25-19-11-4-12-20-25)29(27)24-17-9-3-10-18-24/h1-21,31H. The van der Waals surface area contributed by atoms with E-state index in [9.17, 15) is 0 Å². The first-order valence-electron chi connectivity index (χ1n) is 10.4. The number of benzene rings is 5. The van der Waals surface area contributed by atoms with E-state index >= 15 is 0 Å². The molecule has 0 atom stereocenters. The Bertz CT molecular complexity index is 1290. The summed E-state index contributed by atoms with van der Waals surface area (Å²) in [7, 11) is 0. The maximum atomic E-state index is 5.01. The molecule has 5 aromatic rings. The summed E-state index contributed by atoms with van der Waals surface area (Å²) in [6, 6.07) is 44.7. The predicted molar refractivity (Wildman–Crippen MR) is 135 cm³/mol. The van der Waals surface area contributed by atoms with Crippen molar-refractivity contribution in [3.05, 3.63) is 127 Å². The molecule has 0 nitrogen and oxygen atoms in total. The third-order valence-electron chi connectivity index (χ3n) is 5.58. The van der Waals surface area contributed by atoms with Crippen molar-refractivity contribution in [1.82, 2.24) is 0 Å². The lowest BCUT2D eigenvalue weighted by Gasteiger charge is -2.22. The zero-order valence-corrected chi connectivity index (χ0v) is 18.0. The van der Waals surface area contributed by atoms with Crippen molar-refractivity contribution in [3.8, 4) is 44.5 Å². The van der Waals surface area contributed by atoms with E-state index in [2.05, 4.69) is 127 Å². The fraction of sp³-hybridized carbons (Fsp3) is 0. The molecule has 0 N–H and O–H groups in total. The second-order valence-corrected chi connectivity index (χ2v) is 8.01. The van der Waals surface area contributed by atoms with Crippen LogP contribution in [0.15, 0.2) is 132 Å². The minimum atomic E-state index is 0.976. The Labute approximate surface area is 189 Å². The molecule has 0 aromatic heterocycles. The molecule has 0 amide bonds. The van der Waals surface area contributed by atoms with Crippen molar-refractivity contribution >= 4 is 12.6 Å². The number of hydrogen-bond acceptors (Lipinski definition) is 1. The van der Waals surface area contributed by atoms with Gasteiger partial charge in [-0.15, -0.1) is 12.6 Å². The van der Waals surface area contributed by atoms with Crippen molar-refractivity contribution in [2.45, 2.75) is 4.90 Å². The van der Waals surface area contributed by atoms with Gasteiger partial charge in [-0.25, -0.2) is 0 Å². The van der Waals surface area contributed by atoms with E-state index in [1.54, 1.807) is 0 Å². The topological polar surface area (TPSA) is 0 Å². The van der Waals surface area contributed by atoms with Gasteiger partial charge < -0.3 is 0 Å². The molecule has 0 fully saturated rings. The average Bonchev–Trinajstić information content (AvgIpc) is 2.85. The summed E-state index contributed by atoms with van der Waals surface area (Å²) < 4.78 is 0. The summed E-state index contributed by atoms with van der Waals surface area (Å²) in [5, 5.41) is 0. The second kappa shape index (κ2) is 8.67. The van der Waals surface area contributed by atoms with Gasteiger partial charge in [-0.1, -0.05) is 121 Å². The highest BCUT2D eigenvalue weighted by atomic mass is 32.1. The maximum absolute atomic E-state index is 5.01. The third-order valence-corrected chi connectivity index (χ3v) is 5.93. The van der Waals surface area contributed by atoms with Crippen LogP contribution in [0.1, 0.15) is 0 Å². The Morgan fingerprint density at radius 3 is 1.16 bits per heavy atom. The average molecular weight is 415 g/mol. The molecule has 0 aliphatic rings. The number of thiol groups is 1. The van der Waals surface area contributed by atoms with Crippen LogP contribution in [0.2, 0.25) is 0 Å². The Hall–Kier alpha value is -3.55. The highest BCUT2D eigenvalue weighted by molar-refractivity contribution is 7.80. The van der Waals surface area contributed by atoms with E-state index < -0.39 is 0 Å². The summed E-state index contributed by atoms with van der Waals surface area (Å²) in [4.78, 5) is 0.976. The van der Waals surface area contributed by atoms with Crippen molar-refractivity contribution in [2.75, 3.05) is 0 Å². The van der Waals surface area contributed by atoms with Gasteiger partial charge in [-0.2, -0.15) is 0 Å². The number of rotatable bonds is 4. The van der Waals surface area contributed by atoms with Crippen molar-refractivity contribution in [2.24, 2.45) is 0 Å². The quantitative estimate of drug-likeness (QED) is 0.279. The first-order chi connectivity index (χ1) is 15.3. The molecule has 0 saturated carbocycles. The molecule has 0 spiro atoms. The highest BCUT2D eigenvalue weighted by Gasteiger charge is 2.21. The molecule has 5 aromatic carbocycles. The van der Waals surface area contributed by atoms with Gasteiger partial charge in [-0.3, -0.25) is 0 Å². The summed E-state index contributed by atoms with van der Waals surface area (Å²) in [6.45, 7) is 0. The van der Waals surface area contributed by atoms with Crippen molar-refractivity contribution in [1.29, 1.82) is 0 Å². The molecule has 0 unspecified atom stereocenters. The Morgan fingerprint density at radius 1 is 0.355 bits per heavy atom. The lowest BCUT2D eigenvalue weighted by atomic mass is 9.83. The Kier molecular flexibility index (Phi) is 5.43. The van der Waals surface area contributed by atoms with E-state index in [0.29, 0.717) is 0 Å². The summed E-state index contributed by atoms with van der Waals surface area (Å²) >= 11 is 5.01. The zero-order valence-electron chi connectivity index (χ0n) is 17.1. The van der Waals surface area contributed by atoms with Gasteiger partial charge in [0.1, 0.15) is 0 Å². The molecule has 0 aliphatic carbocycles. The van der Waals surface area contributed by atoms with E-state index in [4.69, 9.17) is 12.6 Å².